The van der Waals surface area contributed by atoms with E-state index in [-0.39, 0.29) is 0 Å². The molecule has 1 saturated heterocycles. The van der Waals surface area contributed by atoms with Gasteiger partial charge >= 0.3 is 0 Å². The highest BCUT2D eigenvalue weighted by molar-refractivity contribution is 7.99. The van der Waals surface area contributed by atoms with E-state index in [1.807, 2.05) is 54.4 Å². The molecule has 2 fully saturated rings. The van der Waals surface area contributed by atoms with Crippen molar-refractivity contribution < 1.29 is 14.2 Å². The van der Waals surface area contributed by atoms with Gasteiger partial charge in [-0.15, -0.1) is 0 Å². The van der Waals surface area contributed by atoms with Crippen molar-refractivity contribution >= 4 is 35.1 Å². The van der Waals surface area contributed by atoms with Crippen molar-refractivity contribution in [3.63, 3.8) is 0 Å². The number of pyridine rings is 3. The number of hydrogen-bond acceptors (Lipinski definition) is 11. The van der Waals surface area contributed by atoms with Crippen LogP contribution in [0.3, 0.4) is 0 Å². The zero-order valence-electron chi connectivity index (χ0n) is 20.3. The molecular weight excluding hydrogens is 508 g/mol. The van der Waals surface area contributed by atoms with Gasteiger partial charge < -0.3 is 14.2 Å². The third kappa shape index (κ3) is 5.30. The summed E-state index contributed by atoms with van der Waals surface area (Å²) in [5.41, 5.74) is 2.47. The second kappa shape index (κ2) is 10.7. The van der Waals surface area contributed by atoms with E-state index in [9.17, 15) is 0 Å². The molecule has 0 N–H and O–H groups in total. The van der Waals surface area contributed by atoms with Gasteiger partial charge in [-0.25, -0.2) is 15.0 Å². The molecule has 1 aliphatic carbocycles. The summed E-state index contributed by atoms with van der Waals surface area (Å²) in [7, 11) is 0. The molecule has 37 heavy (non-hydrogen) atoms. The molecule has 5 heterocycles. The Hall–Kier alpha value is -3.12. The average molecular weight is 535 g/mol. The number of rotatable bonds is 7. The highest BCUT2D eigenvalue weighted by atomic mass is 32.2. The Bertz CT molecular complexity index is 1340. The largest absolute Gasteiger partial charge is 0.452 e. The summed E-state index contributed by atoms with van der Waals surface area (Å²) in [6, 6.07) is 11.5. The SMILES string of the molecule is Cc1ncccc1Oc1cc(Sc2ccccn2)cnc1N(c1ncsn1)C1COC2(CCCCC2)O1. The van der Waals surface area contributed by atoms with Gasteiger partial charge in [-0.05, 0) is 55.6 Å². The van der Waals surface area contributed by atoms with Gasteiger partial charge in [0.1, 0.15) is 16.3 Å². The van der Waals surface area contributed by atoms with Crippen molar-refractivity contribution in [2.75, 3.05) is 11.5 Å². The van der Waals surface area contributed by atoms with Gasteiger partial charge in [0.2, 0.25) is 5.95 Å². The molecule has 190 valence electrons. The highest BCUT2D eigenvalue weighted by Crippen LogP contribution is 2.44. The quantitative estimate of drug-likeness (QED) is 0.275. The summed E-state index contributed by atoms with van der Waals surface area (Å²) in [5.74, 6) is 1.67. The van der Waals surface area contributed by atoms with Gasteiger partial charge in [0.25, 0.3) is 0 Å². The molecule has 0 radical (unpaired) electrons. The Morgan fingerprint density at radius 1 is 1.03 bits per heavy atom. The number of hydrogen-bond donors (Lipinski definition) is 0. The number of ether oxygens (including phenoxy) is 3. The van der Waals surface area contributed by atoms with Crippen LogP contribution in [0.2, 0.25) is 0 Å². The summed E-state index contributed by atoms with van der Waals surface area (Å²) < 4.78 is 23.8. The Kier molecular flexibility index (Phi) is 7.01. The van der Waals surface area contributed by atoms with E-state index in [4.69, 9.17) is 19.2 Å². The van der Waals surface area contributed by atoms with Gasteiger partial charge in [-0.1, -0.05) is 24.2 Å². The van der Waals surface area contributed by atoms with Crippen LogP contribution in [0.25, 0.3) is 0 Å². The molecule has 0 bridgehead atoms. The fourth-order valence-electron chi connectivity index (χ4n) is 4.61. The molecule has 9 nitrogen and oxygen atoms in total. The maximum absolute atomic E-state index is 6.59. The molecule has 2 aliphatic rings. The number of nitrogens with zero attached hydrogens (tertiary/aromatic N) is 6. The molecule has 1 aliphatic heterocycles. The first-order valence-electron chi connectivity index (χ1n) is 12.2. The van der Waals surface area contributed by atoms with Crippen molar-refractivity contribution in [1.82, 2.24) is 24.3 Å². The average Bonchev–Trinajstić information content (AvgIpc) is 3.59. The second-order valence-electron chi connectivity index (χ2n) is 8.91. The molecular formula is C26H26N6O3S2. The van der Waals surface area contributed by atoms with Crippen molar-refractivity contribution in [1.29, 1.82) is 0 Å². The Morgan fingerprint density at radius 2 is 1.92 bits per heavy atom. The lowest BCUT2D eigenvalue weighted by atomic mass is 9.94. The monoisotopic (exact) mass is 534 g/mol. The van der Waals surface area contributed by atoms with E-state index in [1.54, 1.807) is 17.9 Å². The summed E-state index contributed by atoms with van der Waals surface area (Å²) in [4.78, 5) is 20.9. The van der Waals surface area contributed by atoms with Crippen LogP contribution in [0.1, 0.15) is 37.8 Å². The van der Waals surface area contributed by atoms with Gasteiger partial charge in [0, 0.05) is 42.4 Å². The van der Waals surface area contributed by atoms with Gasteiger partial charge in [-0.2, -0.15) is 4.37 Å². The molecule has 6 rings (SSSR count). The first kappa shape index (κ1) is 24.2. The molecule has 11 heteroatoms. The van der Waals surface area contributed by atoms with E-state index < -0.39 is 12.0 Å². The summed E-state index contributed by atoms with van der Waals surface area (Å²) >= 11 is 2.79. The first-order valence-corrected chi connectivity index (χ1v) is 13.9. The van der Waals surface area contributed by atoms with E-state index in [1.165, 1.54) is 29.7 Å². The van der Waals surface area contributed by atoms with Crippen LogP contribution < -0.4 is 9.64 Å². The third-order valence-electron chi connectivity index (χ3n) is 6.38. The molecule has 0 amide bonds. The molecule has 1 atom stereocenters. The van der Waals surface area contributed by atoms with Crippen LogP contribution in [-0.4, -0.2) is 42.9 Å². The number of aryl methyl sites for hydroxylation is 1. The van der Waals surface area contributed by atoms with Crippen molar-refractivity contribution in [3.05, 3.63) is 66.2 Å². The smallest absolute Gasteiger partial charge is 0.245 e. The van der Waals surface area contributed by atoms with Crippen molar-refractivity contribution in [2.24, 2.45) is 0 Å². The van der Waals surface area contributed by atoms with E-state index >= 15 is 0 Å². The highest BCUT2D eigenvalue weighted by Gasteiger charge is 2.46. The molecule has 1 spiro atoms. The first-order chi connectivity index (χ1) is 18.2. The van der Waals surface area contributed by atoms with E-state index in [0.717, 1.165) is 41.3 Å². The number of aromatic nitrogens is 5. The van der Waals surface area contributed by atoms with Crippen molar-refractivity contribution in [2.45, 2.75) is 61.0 Å². The predicted octanol–water partition coefficient (Wildman–Crippen LogP) is 6.15. The molecule has 4 aromatic rings. The zero-order chi connectivity index (χ0) is 25.1. The van der Waals surface area contributed by atoms with E-state index in [2.05, 4.69) is 19.3 Å². The molecule has 1 saturated carbocycles. The lowest BCUT2D eigenvalue weighted by molar-refractivity contribution is -0.186. The van der Waals surface area contributed by atoms with Gasteiger partial charge in [0.15, 0.2) is 23.6 Å². The van der Waals surface area contributed by atoms with Crippen LogP contribution in [0.4, 0.5) is 11.8 Å². The van der Waals surface area contributed by atoms with Crippen LogP contribution >= 0.6 is 23.3 Å². The minimum atomic E-state index is -0.563. The Labute approximate surface area is 223 Å². The zero-order valence-corrected chi connectivity index (χ0v) is 22.0. The second-order valence-corrected chi connectivity index (χ2v) is 10.6. The van der Waals surface area contributed by atoms with Crippen LogP contribution in [-0.2, 0) is 9.47 Å². The summed E-state index contributed by atoms with van der Waals surface area (Å²) in [5, 5.41) is 0.866. The third-order valence-corrected chi connectivity index (χ3v) is 7.76. The lowest BCUT2D eigenvalue weighted by Gasteiger charge is -2.33. The fourth-order valence-corrected chi connectivity index (χ4v) is 5.80. The standard InChI is InChI=1S/C26H26N6O3S2/c1-18-20(8-7-13-27-18)34-21-14-19(37-22-9-3-6-12-28-22)15-29-24(21)32(25-30-17-36-31-25)23-16-33-26(35-23)10-4-2-5-11-26/h3,6-9,12-15,17,23H,2,4-5,10-11,16H2,1H3. The van der Waals surface area contributed by atoms with Crippen LogP contribution in [0.15, 0.2) is 70.4 Å². The summed E-state index contributed by atoms with van der Waals surface area (Å²) in [6.07, 6.45) is 10.0. The van der Waals surface area contributed by atoms with Crippen molar-refractivity contribution in [3.8, 4) is 11.5 Å². The fraction of sp³-hybridized carbons (Fsp3) is 0.346. The minimum Gasteiger partial charge on any atom is -0.452 e. The van der Waals surface area contributed by atoms with Crippen LogP contribution in [0.5, 0.6) is 11.5 Å². The van der Waals surface area contributed by atoms with E-state index in [0.29, 0.717) is 29.9 Å². The predicted molar refractivity (Wildman–Crippen MR) is 140 cm³/mol. The Balaban J connectivity index is 1.39. The number of anilines is 2. The maximum atomic E-state index is 6.59. The minimum absolute atomic E-state index is 0.386. The topological polar surface area (TPSA) is 95.4 Å². The van der Waals surface area contributed by atoms with Gasteiger partial charge in [0.05, 0.1) is 12.3 Å². The molecule has 0 aromatic carbocycles. The summed E-state index contributed by atoms with van der Waals surface area (Å²) in [6.45, 7) is 2.30. The van der Waals surface area contributed by atoms with Crippen LogP contribution in [0, 0.1) is 6.92 Å². The maximum Gasteiger partial charge on any atom is 0.245 e. The Morgan fingerprint density at radius 3 is 2.70 bits per heavy atom. The normalized spacial score (nSPS) is 18.7. The lowest BCUT2D eigenvalue weighted by Crippen LogP contribution is -2.39. The molecule has 4 aromatic heterocycles. The van der Waals surface area contributed by atoms with Gasteiger partial charge in [-0.3, -0.25) is 9.88 Å². The molecule has 1 unspecified atom stereocenters.